The van der Waals surface area contributed by atoms with Crippen LogP contribution in [0.25, 0.3) is 0 Å². The highest BCUT2D eigenvalue weighted by atomic mass is 32.2. The number of nitrogens with zero attached hydrogens (tertiary/aromatic N) is 1. The number of hydrazone groups is 1. The molecule has 2 heterocycles. The van der Waals surface area contributed by atoms with Gasteiger partial charge in [-0.25, -0.2) is 5.43 Å². The molecule has 0 spiro atoms. The summed E-state index contributed by atoms with van der Waals surface area (Å²) in [7, 11) is 0. The summed E-state index contributed by atoms with van der Waals surface area (Å²) in [6, 6.07) is 19.4. The minimum absolute atomic E-state index is 0.173. The highest BCUT2D eigenvalue weighted by Gasteiger charge is 2.17. The van der Waals surface area contributed by atoms with E-state index in [0.717, 1.165) is 21.8 Å². The van der Waals surface area contributed by atoms with E-state index in [-0.39, 0.29) is 12.7 Å². The number of hydrogen-bond donors (Lipinski definition) is 2. The minimum Gasteiger partial charge on any atom is -0.454 e. The number of amides is 1. The van der Waals surface area contributed by atoms with Crippen LogP contribution in [-0.4, -0.2) is 18.4 Å². The summed E-state index contributed by atoms with van der Waals surface area (Å²) in [4.78, 5) is 14.8. The molecule has 144 valence electrons. The summed E-state index contributed by atoms with van der Waals surface area (Å²) in [5.41, 5.74) is 6.84. The fraction of sp³-hybridized carbons (Fsp3) is 0.0909. The van der Waals surface area contributed by atoms with Crippen LogP contribution in [0.15, 0.2) is 75.6 Å². The Morgan fingerprint density at radius 3 is 2.69 bits per heavy atom. The molecule has 3 aromatic rings. The first-order chi connectivity index (χ1) is 14.2. The maximum Gasteiger partial charge on any atom is 0.271 e. The molecule has 0 saturated carbocycles. The van der Waals surface area contributed by atoms with Crippen molar-refractivity contribution in [3.05, 3.63) is 71.8 Å². The van der Waals surface area contributed by atoms with Gasteiger partial charge in [-0.2, -0.15) is 5.10 Å². The number of benzene rings is 3. The lowest BCUT2D eigenvalue weighted by Crippen LogP contribution is -2.19. The second-order valence-corrected chi connectivity index (χ2v) is 7.72. The molecule has 2 aliphatic heterocycles. The SMILES string of the molecule is C/C(=N/NC(=O)c1ccc2c(c1)OCO2)c1ccc2c(c1)Nc1ccccc1S2. The van der Waals surface area contributed by atoms with Crippen LogP contribution in [-0.2, 0) is 0 Å². The molecule has 1 amide bonds. The smallest absolute Gasteiger partial charge is 0.271 e. The number of nitrogens with one attached hydrogen (secondary N) is 2. The van der Waals surface area contributed by atoms with Gasteiger partial charge in [-0.1, -0.05) is 30.0 Å². The van der Waals surface area contributed by atoms with Crippen LogP contribution in [0.2, 0.25) is 0 Å². The maximum atomic E-state index is 12.4. The molecule has 0 bridgehead atoms. The van der Waals surface area contributed by atoms with E-state index in [9.17, 15) is 4.79 Å². The van der Waals surface area contributed by atoms with E-state index in [0.29, 0.717) is 22.8 Å². The van der Waals surface area contributed by atoms with Crippen LogP contribution >= 0.6 is 11.8 Å². The molecule has 0 aliphatic carbocycles. The quantitative estimate of drug-likeness (QED) is 0.381. The van der Waals surface area contributed by atoms with E-state index in [1.807, 2.05) is 31.2 Å². The van der Waals surface area contributed by atoms with Crippen molar-refractivity contribution in [3.8, 4) is 11.5 Å². The number of rotatable bonds is 3. The highest BCUT2D eigenvalue weighted by molar-refractivity contribution is 7.99. The van der Waals surface area contributed by atoms with Crippen LogP contribution in [0.4, 0.5) is 11.4 Å². The van der Waals surface area contributed by atoms with Gasteiger partial charge in [0.1, 0.15) is 0 Å². The Balaban J connectivity index is 1.32. The van der Waals surface area contributed by atoms with E-state index in [1.54, 1.807) is 30.0 Å². The number of para-hydroxylation sites is 1. The highest BCUT2D eigenvalue weighted by Crippen LogP contribution is 2.44. The molecule has 0 saturated heterocycles. The number of hydrogen-bond acceptors (Lipinski definition) is 6. The Morgan fingerprint density at radius 1 is 0.966 bits per heavy atom. The lowest BCUT2D eigenvalue weighted by Gasteiger charge is -2.21. The predicted molar refractivity (Wildman–Crippen MR) is 113 cm³/mol. The lowest BCUT2D eigenvalue weighted by molar-refractivity contribution is 0.0954. The first kappa shape index (κ1) is 17.6. The molecule has 0 unspecified atom stereocenters. The third kappa shape index (κ3) is 3.40. The van der Waals surface area contributed by atoms with Crippen molar-refractivity contribution in [2.24, 2.45) is 5.10 Å². The van der Waals surface area contributed by atoms with E-state index in [1.165, 1.54) is 4.90 Å². The standard InChI is InChI=1S/C22H17N3O3S/c1-13(24-25-22(26)15-6-8-18-19(11-15)28-12-27-18)14-7-9-21-17(10-14)23-16-4-2-3-5-20(16)29-21/h2-11,23H,12H2,1H3,(H,25,26)/b24-13-. The first-order valence-electron chi connectivity index (χ1n) is 9.10. The van der Waals surface area contributed by atoms with Crippen molar-refractivity contribution in [1.29, 1.82) is 0 Å². The molecule has 0 aromatic heterocycles. The second kappa shape index (κ2) is 7.18. The molecule has 5 rings (SSSR count). The molecule has 0 radical (unpaired) electrons. The Bertz CT molecular complexity index is 1160. The van der Waals surface area contributed by atoms with Gasteiger partial charge in [0.2, 0.25) is 6.79 Å². The number of ether oxygens (including phenoxy) is 2. The van der Waals surface area contributed by atoms with Crippen molar-refractivity contribution < 1.29 is 14.3 Å². The molecular weight excluding hydrogens is 386 g/mol. The average Bonchev–Trinajstić information content (AvgIpc) is 3.23. The maximum absolute atomic E-state index is 12.4. The second-order valence-electron chi connectivity index (χ2n) is 6.64. The van der Waals surface area contributed by atoms with E-state index < -0.39 is 0 Å². The third-order valence-electron chi connectivity index (χ3n) is 4.73. The van der Waals surface area contributed by atoms with Crippen LogP contribution in [0.5, 0.6) is 11.5 Å². The Labute approximate surface area is 171 Å². The van der Waals surface area contributed by atoms with Gasteiger partial charge in [0, 0.05) is 15.4 Å². The normalized spacial score (nSPS) is 13.9. The molecule has 29 heavy (non-hydrogen) atoms. The van der Waals surface area contributed by atoms with Gasteiger partial charge >= 0.3 is 0 Å². The predicted octanol–water partition coefficient (Wildman–Crippen LogP) is 4.78. The number of carbonyl (C=O) groups excluding carboxylic acids is 1. The zero-order valence-electron chi connectivity index (χ0n) is 15.6. The van der Waals surface area contributed by atoms with Crippen molar-refractivity contribution in [3.63, 3.8) is 0 Å². The third-order valence-corrected chi connectivity index (χ3v) is 5.89. The van der Waals surface area contributed by atoms with Gasteiger partial charge in [0.25, 0.3) is 5.91 Å². The molecule has 6 nitrogen and oxygen atoms in total. The largest absolute Gasteiger partial charge is 0.454 e. The molecule has 0 fully saturated rings. The van der Waals surface area contributed by atoms with Gasteiger partial charge in [0.05, 0.1) is 17.1 Å². The van der Waals surface area contributed by atoms with Crippen molar-refractivity contribution in [2.75, 3.05) is 12.1 Å². The molecular formula is C22H17N3O3S. The lowest BCUT2D eigenvalue weighted by atomic mass is 10.1. The van der Waals surface area contributed by atoms with Crippen molar-refractivity contribution in [2.45, 2.75) is 16.7 Å². The molecule has 2 N–H and O–H groups in total. The fourth-order valence-corrected chi connectivity index (χ4v) is 4.13. The molecule has 7 heteroatoms. The Kier molecular flexibility index (Phi) is 4.37. The van der Waals surface area contributed by atoms with Crippen molar-refractivity contribution >= 4 is 34.8 Å². The summed E-state index contributed by atoms with van der Waals surface area (Å²) >= 11 is 1.73. The summed E-state index contributed by atoms with van der Waals surface area (Å²) in [6.07, 6.45) is 0. The minimum atomic E-state index is -0.303. The van der Waals surface area contributed by atoms with Gasteiger partial charge < -0.3 is 14.8 Å². The van der Waals surface area contributed by atoms with Gasteiger partial charge in [-0.15, -0.1) is 0 Å². The fourth-order valence-electron chi connectivity index (χ4n) is 3.17. The molecule has 3 aromatic carbocycles. The first-order valence-corrected chi connectivity index (χ1v) is 9.92. The summed E-state index contributed by atoms with van der Waals surface area (Å²) in [5.74, 6) is 0.905. The number of carbonyl (C=O) groups is 1. The van der Waals surface area contributed by atoms with E-state index >= 15 is 0 Å². The van der Waals surface area contributed by atoms with E-state index in [4.69, 9.17) is 9.47 Å². The summed E-state index contributed by atoms with van der Waals surface area (Å²) in [5, 5.41) is 7.73. The van der Waals surface area contributed by atoms with Crippen molar-refractivity contribution in [1.82, 2.24) is 5.43 Å². The molecule has 2 aliphatic rings. The van der Waals surface area contributed by atoms with Crippen LogP contribution in [0, 0.1) is 0 Å². The topological polar surface area (TPSA) is 72.0 Å². The van der Waals surface area contributed by atoms with Gasteiger partial charge in [-0.3, -0.25) is 4.79 Å². The Hall–Kier alpha value is -3.45. The van der Waals surface area contributed by atoms with Crippen LogP contribution in [0.3, 0.4) is 0 Å². The summed E-state index contributed by atoms with van der Waals surface area (Å²) < 4.78 is 10.6. The zero-order chi connectivity index (χ0) is 19.8. The average molecular weight is 403 g/mol. The zero-order valence-corrected chi connectivity index (χ0v) is 16.4. The number of fused-ring (bicyclic) bond motifs is 3. The van der Waals surface area contributed by atoms with E-state index in [2.05, 4.69) is 34.0 Å². The number of anilines is 2. The molecule has 0 atom stereocenters. The van der Waals surface area contributed by atoms with Crippen LogP contribution in [0.1, 0.15) is 22.8 Å². The van der Waals surface area contributed by atoms with Gasteiger partial charge in [0.15, 0.2) is 11.5 Å². The van der Waals surface area contributed by atoms with Crippen LogP contribution < -0.4 is 20.2 Å². The Morgan fingerprint density at radius 2 is 1.76 bits per heavy atom. The monoisotopic (exact) mass is 403 g/mol. The summed E-state index contributed by atoms with van der Waals surface area (Å²) in [6.45, 7) is 2.04. The van der Waals surface area contributed by atoms with Gasteiger partial charge in [-0.05, 0) is 55.0 Å².